The lowest BCUT2D eigenvalue weighted by Crippen LogP contribution is -2.21. The number of unbranched alkanes of at least 4 members (excludes halogenated alkanes) is 5. The number of nitrogens with one attached hydrogen (secondary N) is 1. The molecule has 0 spiro atoms. The van der Waals surface area contributed by atoms with Gasteiger partial charge in [-0.15, -0.1) is 0 Å². The average molecular weight is 265 g/mol. The van der Waals surface area contributed by atoms with Crippen LogP contribution >= 0.6 is 0 Å². The van der Waals surface area contributed by atoms with Crippen molar-refractivity contribution in [1.82, 2.24) is 5.32 Å². The van der Waals surface area contributed by atoms with Gasteiger partial charge in [0, 0.05) is 11.6 Å². The number of furan rings is 1. The van der Waals surface area contributed by atoms with Crippen LogP contribution in [0.3, 0.4) is 0 Å². The van der Waals surface area contributed by atoms with E-state index in [-0.39, 0.29) is 0 Å². The summed E-state index contributed by atoms with van der Waals surface area (Å²) in [6.07, 6.45) is 9.38. The molecule has 2 nitrogen and oxygen atoms in total. The molecule has 1 aromatic heterocycles. The summed E-state index contributed by atoms with van der Waals surface area (Å²) in [6, 6.07) is 2.66. The fraction of sp³-hybridized carbons (Fsp3) is 0.765. The summed E-state index contributed by atoms with van der Waals surface area (Å²) >= 11 is 0. The van der Waals surface area contributed by atoms with Crippen LogP contribution in [-0.4, -0.2) is 6.54 Å². The van der Waals surface area contributed by atoms with E-state index >= 15 is 0 Å². The van der Waals surface area contributed by atoms with E-state index in [4.69, 9.17) is 4.42 Å². The van der Waals surface area contributed by atoms with E-state index in [1.807, 2.05) is 6.92 Å². The maximum absolute atomic E-state index is 5.66. The Morgan fingerprint density at radius 2 is 1.74 bits per heavy atom. The molecule has 1 heterocycles. The van der Waals surface area contributed by atoms with E-state index < -0.39 is 0 Å². The lowest BCUT2D eigenvalue weighted by atomic mass is 9.99. The van der Waals surface area contributed by atoms with Crippen molar-refractivity contribution in [3.05, 3.63) is 23.2 Å². The van der Waals surface area contributed by atoms with Crippen LogP contribution in [0.1, 0.15) is 81.9 Å². The van der Waals surface area contributed by atoms with Crippen LogP contribution in [0.15, 0.2) is 10.5 Å². The van der Waals surface area contributed by atoms with Crippen molar-refractivity contribution in [3.63, 3.8) is 0 Å². The predicted molar refractivity (Wildman–Crippen MR) is 82.6 cm³/mol. The fourth-order valence-corrected chi connectivity index (χ4v) is 2.74. The van der Waals surface area contributed by atoms with Gasteiger partial charge in [-0.2, -0.15) is 0 Å². The summed E-state index contributed by atoms with van der Waals surface area (Å²) in [7, 11) is 0. The van der Waals surface area contributed by atoms with Gasteiger partial charge in [-0.1, -0.05) is 52.4 Å². The molecule has 1 atom stereocenters. The molecule has 1 aromatic rings. The predicted octanol–water partition coefficient (Wildman–Crippen LogP) is 5.30. The standard InChI is InChI=1S/C17H31NO/c1-5-7-8-9-10-11-12-17(18-6-2)16-13-14(3)19-15(16)4/h13,17-18H,5-12H2,1-4H3. The largest absolute Gasteiger partial charge is 0.466 e. The monoisotopic (exact) mass is 265 g/mol. The van der Waals surface area contributed by atoms with Crippen molar-refractivity contribution >= 4 is 0 Å². The average Bonchev–Trinajstić information content (AvgIpc) is 2.71. The lowest BCUT2D eigenvalue weighted by Gasteiger charge is -2.17. The third-order valence-corrected chi connectivity index (χ3v) is 3.75. The first-order valence-electron chi connectivity index (χ1n) is 7.99. The van der Waals surface area contributed by atoms with Crippen LogP contribution in [0.2, 0.25) is 0 Å². The van der Waals surface area contributed by atoms with Crippen molar-refractivity contribution in [2.75, 3.05) is 6.54 Å². The molecule has 0 aliphatic heterocycles. The Morgan fingerprint density at radius 3 is 2.32 bits per heavy atom. The van der Waals surface area contributed by atoms with Crippen LogP contribution in [0.5, 0.6) is 0 Å². The van der Waals surface area contributed by atoms with Gasteiger partial charge in [-0.05, 0) is 32.9 Å². The second-order valence-electron chi connectivity index (χ2n) is 5.54. The summed E-state index contributed by atoms with van der Waals surface area (Å²) < 4.78 is 5.66. The highest BCUT2D eigenvalue weighted by Crippen LogP contribution is 2.26. The first kappa shape index (κ1) is 16.3. The molecule has 1 rings (SSSR count). The quantitative estimate of drug-likeness (QED) is 0.581. The molecule has 0 aliphatic carbocycles. The van der Waals surface area contributed by atoms with Gasteiger partial charge in [-0.3, -0.25) is 0 Å². The minimum Gasteiger partial charge on any atom is -0.466 e. The topological polar surface area (TPSA) is 25.2 Å². The third-order valence-electron chi connectivity index (χ3n) is 3.75. The van der Waals surface area contributed by atoms with Gasteiger partial charge in [0.05, 0.1) is 0 Å². The van der Waals surface area contributed by atoms with Gasteiger partial charge in [0.2, 0.25) is 0 Å². The molecule has 1 N–H and O–H groups in total. The van der Waals surface area contributed by atoms with Crippen LogP contribution < -0.4 is 5.32 Å². The molecule has 19 heavy (non-hydrogen) atoms. The highest BCUT2D eigenvalue weighted by molar-refractivity contribution is 5.24. The summed E-state index contributed by atoms with van der Waals surface area (Å²) in [4.78, 5) is 0. The number of hydrogen-bond donors (Lipinski definition) is 1. The van der Waals surface area contributed by atoms with Crippen molar-refractivity contribution in [3.8, 4) is 0 Å². The van der Waals surface area contributed by atoms with Gasteiger partial charge in [0.15, 0.2) is 0 Å². The molecule has 0 aliphatic rings. The molecule has 2 heteroatoms. The fourth-order valence-electron chi connectivity index (χ4n) is 2.74. The van der Waals surface area contributed by atoms with Crippen LogP contribution in [0.25, 0.3) is 0 Å². The molecule has 0 amide bonds. The van der Waals surface area contributed by atoms with E-state index in [0.29, 0.717) is 6.04 Å². The zero-order valence-electron chi connectivity index (χ0n) is 13.2. The van der Waals surface area contributed by atoms with E-state index in [9.17, 15) is 0 Å². The zero-order chi connectivity index (χ0) is 14.1. The Balaban J connectivity index is 2.38. The number of rotatable bonds is 10. The lowest BCUT2D eigenvalue weighted by molar-refractivity contribution is 0.457. The van der Waals surface area contributed by atoms with E-state index in [0.717, 1.165) is 18.1 Å². The zero-order valence-corrected chi connectivity index (χ0v) is 13.2. The van der Waals surface area contributed by atoms with Crippen LogP contribution in [0, 0.1) is 13.8 Å². The summed E-state index contributed by atoms with van der Waals surface area (Å²) in [5, 5.41) is 3.60. The second kappa shape index (κ2) is 9.19. The highest BCUT2D eigenvalue weighted by atomic mass is 16.3. The first-order valence-corrected chi connectivity index (χ1v) is 7.99. The molecule has 0 bridgehead atoms. The van der Waals surface area contributed by atoms with Crippen molar-refractivity contribution in [1.29, 1.82) is 0 Å². The minimum atomic E-state index is 0.466. The second-order valence-corrected chi connectivity index (χ2v) is 5.54. The molecular weight excluding hydrogens is 234 g/mol. The van der Waals surface area contributed by atoms with Crippen molar-refractivity contribution in [2.24, 2.45) is 0 Å². The molecule has 1 unspecified atom stereocenters. The highest BCUT2D eigenvalue weighted by Gasteiger charge is 2.15. The molecule has 0 radical (unpaired) electrons. The smallest absolute Gasteiger partial charge is 0.105 e. The molecular formula is C17H31NO. The van der Waals surface area contributed by atoms with Crippen LogP contribution in [-0.2, 0) is 0 Å². The summed E-state index contributed by atoms with van der Waals surface area (Å²) in [5.41, 5.74) is 1.35. The third kappa shape index (κ3) is 5.82. The molecule has 0 fully saturated rings. The first-order chi connectivity index (χ1) is 9.19. The Kier molecular flexibility index (Phi) is 7.88. The minimum absolute atomic E-state index is 0.466. The van der Waals surface area contributed by atoms with Gasteiger partial charge >= 0.3 is 0 Å². The van der Waals surface area contributed by atoms with Gasteiger partial charge in [0.25, 0.3) is 0 Å². The maximum Gasteiger partial charge on any atom is 0.105 e. The summed E-state index contributed by atoms with van der Waals surface area (Å²) in [6.45, 7) is 9.57. The SMILES string of the molecule is CCCCCCCCC(NCC)c1cc(C)oc1C. The summed E-state index contributed by atoms with van der Waals surface area (Å²) in [5.74, 6) is 2.10. The molecule has 110 valence electrons. The van der Waals surface area contributed by atoms with E-state index in [1.54, 1.807) is 0 Å². The van der Waals surface area contributed by atoms with Gasteiger partial charge in [-0.25, -0.2) is 0 Å². The Morgan fingerprint density at radius 1 is 1.05 bits per heavy atom. The van der Waals surface area contributed by atoms with Gasteiger partial charge < -0.3 is 9.73 Å². The van der Waals surface area contributed by atoms with Crippen LogP contribution in [0.4, 0.5) is 0 Å². The maximum atomic E-state index is 5.66. The molecule has 0 saturated heterocycles. The number of hydrogen-bond acceptors (Lipinski definition) is 2. The Labute approximate surface area is 119 Å². The van der Waals surface area contributed by atoms with Gasteiger partial charge in [0.1, 0.15) is 11.5 Å². The Bertz CT molecular complexity index is 343. The molecule has 0 saturated carbocycles. The van der Waals surface area contributed by atoms with E-state index in [2.05, 4.69) is 32.2 Å². The van der Waals surface area contributed by atoms with Crippen molar-refractivity contribution < 1.29 is 4.42 Å². The Hall–Kier alpha value is -0.760. The normalized spacial score (nSPS) is 12.8. The van der Waals surface area contributed by atoms with E-state index in [1.165, 1.54) is 50.5 Å². The van der Waals surface area contributed by atoms with Crippen molar-refractivity contribution in [2.45, 2.75) is 78.7 Å². The molecule has 0 aromatic carbocycles. The number of aryl methyl sites for hydroxylation is 2.